The first-order valence-electron chi connectivity index (χ1n) is 10.7. The smallest absolute Gasteiger partial charge is 0.290 e. The van der Waals surface area contributed by atoms with Crippen molar-refractivity contribution in [2.45, 2.75) is 12.5 Å². The Balaban J connectivity index is 1.84. The van der Waals surface area contributed by atoms with Crippen LogP contribution >= 0.6 is 15.9 Å². The number of amides is 1. The van der Waals surface area contributed by atoms with Crippen LogP contribution in [0.25, 0.3) is 11.0 Å². The average molecular weight is 546 g/mol. The van der Waals surface area contributed by atoms with Crippen molar-refractivity contribution < 1.29 is 38.4 Å². The average Bonchev–Trinajstić information content (AvgIpc) is 3.40. The van der Waals surface area contributed by atoms with Gasteiger partial charge in [-0.15, -0.1) is 0 Å². The normalized spacial score (nSPS) is 15.8. The zero-order valence-electron chi connectivity index (χ0n) is 19.3. The highest BCUT2D eigenvalue weighted by Gasteiger charge is 2.44. The van der Waals surface area contributed by atoms with Crippen molar-refractivity contribution in [3.05, 3.63) is 63.5 Å². The van der Waals surface area contributed by atoms with Crippen LogP contribution in [0.1, 0.15) is 28.6 Å². The Morgan fingerprint density at radius 1 is 1.11 bits per heavy atom. The van der Waals surface area contributed by atoms with Gasteiger partial charge in [0, 0.05) is 25.6 Å². The van der Waals surface area contributed by atoms with Gasteiger partial charge in [-0.25, -0.2) is 0 Å². The first kappa shape index (κ1) is 24.6. The van der Waals surface area contributed by atoms with Crippen molar-refractivity contribution >= 4 is 38.6 Å². The Kier molecular flexibility index (Phi) is 7.04. The van der Waals surface area contributed by atoms with E-state index in [4.69, 9.17) is 18.6 Å². The van der Waals surface area contributed by atoms with Crippen LogP contribution in [0, 0.1) is 0 Å². The van der Waals surface area contributed by atoms with Gasteiger partial charge in [0.25, 0.3) is 5.91 Å². The Morgan fingerprint density at radius 2 is 1.86 bits per heavy atom. The van der Waals surface area contributed by atoms with Crippen molar-refractivity contribution in [3.63, 3.8) is 0 Å². The number of carbonyl (C=O) groups excluding carboxylic acids is 2. The van der Waals surface area contributed by atoms with Gasteiger partial charge in [-0.3, -0.25) is 9.59 Å². The van der Waals surface area contributed by atoms with Gasteiger partial charge in [0.05, 0.1) is 30.3 Å². The fourth-order valence-electron chi connectivity index (χ4n) is 4.19. The number of fused-ring (bicyclic) bond motifs is 1. The summed E-state index contributed by atoms with van der Waals surface area (Å²) in [6.07, 6.45) is 0.478. The van der Waals surface area contributed by atoms with E-state index < -0.39 is 23.5 Å². The van der Waals surface area contributed by atoms with Crippen LogP contribution in [0.4, 0.5) is 0 Å². The molecule has 1 amide bonds. The molecule has 2 heterocycles. The predicted molar refractivity (Wildman–Crippen MR) is 130 cm³/mol. The number of rotatable bonds is 9. The molecule has 0 fully saturated rings. The third-order valence-corrected chi connectivity index (χ3v) is 6.44. The molecular formula is C25H24BrNO8. The van der Waals surface area contributed by atoms with Crippen LogP contribution in [-0.2, 0) is 9.53 Å². The number of furan rings is 1. The van der Waals surface area contributed by atoms with E-state index in [1.54, 1.807) is 37.4 Å². The molecule has 1 unspecified atom stereocenters. The summed E-state index contributed by atoms with van der Waals surface area (Å²) in [5.74, 6) is -1.57. The lowest BCUT2D eigenvalue weighted by Gasteiger charge is -2.27. The number of halogens is 1. The lowest BCUT2D eigenvalue weighted by molar-refractivity contribution is -0.129. The molecule has 4 rings (SSSR count). The summed E-state index contributed by atoms with van der Waals surface area (Å²) in [7, 11) is 4.43. The summed E-state index contributed by atoms with van der Waals surface area (Å²) in [5.41, 5.74) is 0.703. The lowest BCUT2D eigenvalue weighted by Crippen LogP contribution is -2.32. The number of phenolic OH excluding ortho intramolecular Hbond substituents is 1. The minimum atomic E-state index is -0.951. The minimum Gasteiger partial charge on any atom is -0.503 e. The molecule has 1 aromatic heterocycles. The molecule has 3 aromatic rings. The molecule has 184 valence electrons. The molecule has 0 aliphatic carbocycles. The predicted octanol–water partition coefficient (Wildman–Crippen LogP) is 4.53. The van der Waals surface area contributed by atoms with Gasteiger partial charge < -0.3 is 33.7 Å². The number of ketones is 1. The summed E-state index contributed by atoms with van der Waals surface area (Å²) in [6.45, 7) is 0.597. The maximum atomic E-state index is 13.7. The van der Waals surface area contributed by atoms with Gasteiger partial charge in [0.2, 0.25) is 5.78 Å². The van der Waals surface area contributed by atoms with Crippen LogP contribution < -0.4 is 9.47 Å². The molecule has 10 heteroatoms. The van der Waals surface area contributed by atoms with Crippen molar-refractivity contribution in [1.29, 1.82) is 0 Å². The molecule has 9 nitrogen and oxygen atoms in total. The molecule has 0 saturated heterocycles. The molecule has 2 N–H and O–H groups in total. The zero-order chi connectivity index (χ0) is 25.3. The molecule has 1 aliphatic heterocycles. The van der Waals surface area contributed by atoms with Gasteiger partial charge in [-0.05, 0) is 52.2 Å². The van der Waals surface area contributed by atoms with Crippen molar-refractivity contribution in [2.24, 2.45) is 0 Å². The quantitative estimate of drug-likeness (QED) is 0.297. The van der Waals surface area contributed by atoms with Gasteiger partial charge in [-0.2, -0.15) is 0 Å². The molecule has 0 radical (unpaired) electrons. The van der Waals surface area contributed by atoms with E-state index in [0.29, 0.717) is 39.8 Å². The Labute approximate surface area is 209 Å². The fraction of sp³-hybridized carbons (Fsp3) is 0.280. The number of aliphatic hydroxyl groups excluding tert-OH is 1. The second-order valence-corrected chi connectivity index (χ2v) is 8.74. The fourth-order valence-corrected chi connectivity index (χ4v) is 4.65. The zero-order valence-corrected chi connectivity index (χ0v) is 20.9. The Hall–Kier alpha value is -3.50. The van der Waals surface area contributed by atoms with Gasteiger partial charge in [0.1, 0.15) is 0 Å². The SMILES string of the molecule is COCCCN1C(=O)C(O)=C(C(=O)c2cc3cccc(OC)c3o2)C1c1cc(Br)c(O)c(OC)c1. The van der Waals surface area contributed by atoms with Crippen LogP contribution in [0.15, 0.2) is 56.6 Å². The molecule has 0 spiro atoms. The number of para-hydroxylation sites is 1. The first-order valence-corrected chi connectivity index (χ1v) is 11.5. The standard InChI is InChI=1S/C25H24BrNO8/c1-32-9-5-8-27-20(14-10-15(26)21(28)17(12-14)34-3)19(23(30)25(27)31)22(29)18-11-13-6-4-7-16(33-2)24(13)35-18/h4,6-7,10-12,20,28,30H,5,8-9H2,1-3H3. The molecule has 35 heavy (non-hydrogen) atoms. The topological polar surface area (TPSA) is 119 Å². The molecule has 0 bridgehead atoms. The van der Waals surface area contributed by atoms with Crippen LogP contribution in [-0.4, -0.2) is 61.3 Å². The number of phenols is 1. The molecule has 1 aliphatic rings. The summed E-state index contributed by atoms with van der Waals surface area (Å²) >= 11 is 3.29. The van der Waals surface area contributed by atoms with Crippen molar-refractivity contribution in [1.82, 2.24) is 4.90 Å². The third-order valence-electron chi connectivity index (χ3n) is 5.83. The second kappa shape index (κ2) is 10.0. The Bertz CT molecular complexity index is 1330. The highest BCUT2D eigenvalue weighted by Crippen LogP contribution is 2.44. The summed E-state index contributed by atoms with van der Waals surface area (Å²) in [6, 6.07) is 8.93. The van der Waals surface area contributed by atoms with Gasteiger partial charge in [-0.1, -0.05) is 12.1 Å². The van der Waals surface area contributed by atoms with E-state index in [1.807, 2.05) is 0 Å². The van der Waals surface area contributed by atoms with E-state index in [2.05, 4.69) is 15.9 Å². The number of carbonyl (C=O) groups is 2. The number of hydrogen-bond donors (Lipinski definition) is 2. The van der Waals surface area contributed by atoms with Crippen LogP contribution in [0.2, 0.25) is 0 Å². The van der Waals surface area contributed by atoms with Crippen molar-refractivity contribution in [3.8, 4) is 17.2 Å². The van der Waals surface area contributed by atoms with E-state index >= 15 is 0 Å². The number of nitrogens with zero attached hydrogens (tertiary/aromatic N) is 1. The van der Waals surface area contributed by atoms with E-state index in [0.717, 1.165) is 0 Å². The van der Waals surface area contributed by atoms with E-state index in [1.165, 1.54) is 25.2 Å². The highest BCUT2D eigenvalue weighted by atomic mass is 79.9. The maximum Gasteiger partial charge on any atom is 0.290 e. The highest BCUT2D eigenvalue weighted by molar-refractivity contribution is 9.10. The van der Waals surface area contributed by atoms with E-state index in [-0.39, 0.29) is 29.4 Å². The minimum absolute atomic E-state index is 0.0487. The Morgan fingerprint density at radius 3 is 2.54 bits per heavy atom. The van der Waals surface area contributed by atoms with E-state index in [9.17, 15) is 19.8 Å². The monoisotopic (exact) mass is 545 g/mol. The number of aromatic hydroxyl groups is 1. The largest absolute Gasteiger partial charge is 0.503 e. The molecular weight excluding hydrogens is 522 g/mol. The number of methoxy groups -OCH3 is 3. The molecule has 2 aromatic carbocycles. The lowest BCUT2D eigenvalue weighted by atomic mass is 9.94. The summed E-state index contributed by atoms with van der Waals surface area (Å²) in [4.78, 5) is 28.2. The second-order valence-electron chi connectivity index (χ2n) is 7.88. The number of hydrogen-bond acceptors (Lipinski definition) is 8. The van der Waals surface area contributed by atoms with Gasteiger partial charge in [0.15, 0.2) is 34.4 Å². The molecule has 1 atom stereocenters. The van der Waals surface area contributed by atoms with Gasteiger partial charge >= 0.3 is 0 Å². The number of ether oxygens (including phenoxy) is 3. The maximum absolute atomic E-state index is 13.7. The molecule has 0 saturated carbocycles. The number of aliphatic hydroxyl groups is 1. The summed E-state index contributed by atoms with van der Waals surface area (Å²) < 4.78 is 21.8. The van der Waals surface area contributed by atoms with Crippen LogP contribution in [0.3, 0.4) is 0 Å². The summed E-state index contributed by atoms with van der Waals surface area (Å²) in [5, 5.41) is 21.8. The van der Waals surface area contributed by atoms with Crippen molar-refractivity contribution in [2.75, 3.05) is 34.5 Å². The number of benzene rings is 2. The number of Topliss-reactive ketones (excluding diaryl/α,β-unsaturated/α-hetero) is 1. The first-order chi connectivity index (χ1) is 16.8. The third kappa shape index (κ3) is 4.35. The van der Waals surface area contributed by atoms with Crippen LogP contribution in [0.5, 0.6) is 17.2 Å².